The number of hydrogen-bond donors (Lipinski definition) is 2. The number of H-pyrrole nitrogens is 1. The molecule has 3 rings (SSSR count). The van der Waals surface area contributed by atoms with Crippen molar-refractivity contribution in [1.82, 2.24) is 15.2 Å². The maximum Gasteiger partial charge on any atom is 0.342 e. The number of hydrogen-bond acceptors (Lipinski definition) is 7. The van der Waals surface area contributed by atoms with Gasteiger partial charge in [-0.1, -0.05) is 19.1 Å². The minimum absolute atomic E-state index is 0.0366. The molecule has 0 bridgehead atoms. The number of carboxylic acid groups (broad SMARTS) is 1. The Kier molecular flexibility index (Phi) is 5.90. The maximum atomic E-state index is 11.6. The summed E-state index contributed by atoms with van der Waals surface area (Å²) in [6.45, 7) is 2.00. The number of nitrogens with zero attached hydrogens (tertiary/aromatic N) is 3. The zero-order valence-electron chi connectivity index (χ0n) is 14.8. The third-order valence-corrected chi connectivity index (χ3v) is 4.55. The van der Waals surface area contributed by atoms with Crippen LogP contribution in [0.15, 0.2) is 50.9 Å². The van der Waals surface area contributed by atoms with E-state index in [1.807, 2.05) is 6.92 Å². The number of carboxylic acids is 1. The molecule has 2 heterocycles. The van der Waals surface area contributed by atoms with Gasteiger partial charge in [0.2, 0.25) is 5.16 Å². The zero-order valence-corrected chi connectivity index (χ0v) is 15.6. The fraction of sp³-hybridized carbons (Fsp3) is 0.167. The standard InChI is InChI=1S/C18H16N4O5S/c1-2-5-16-19-18(21-20-16)28-15(17(23)24)10-11-8-9-14(27-11)12-6-3-4-7-13(12)22(25)26/h3-4,6-10H,2,5H2,1H3,(H,23,24)(H,19,20,21)/b15-10+. The molecule has 2 aromatic heterocycles. The van der Waals surface area contributed by atoms with E-state index in [1.54, 1.807) is 30.3 Å². The van der Waals surface area contributed by atoms with Crippen LogP contribution in [0.3, 0.4) is 0 Å². The van der Waals surface area contributed by atoms with E-state index in [0.29, 0.717) is 16.5 Å². The van der Waals surface area contributed by atoms with Crippen LogP contribution in [0, 0.1) is 10.1 Å². The number of aromatic nitrogens is 3. The molecule has 0 atom stereocenters. The van der Waals surface area contributed by atoms with E-state index in [1.165, 1.54) is 12.1 Å². The normalized spacial score (nSPS) is 11.5. The van der Waals surface area contributed by atoms with Crippen molar-refractivity contribution in [3.63, 3.8) is 0 Å². The Morgan fingerprint density at radius 3 is 2.86 bits per heavy atom. The van der Waals surface area contributed by atoms with Crippen molar-refractivity contribution in [3.05, 3.63) is 63.0 Å². The van der Waals surface area contributed by atoms with E-state index in [4.69, 9.17) is 4.42 Å². The average molecular weight is 400 g/mol. The fourth-order valence-corrected chi connectivity index (χ4v) is 3.16. The highest BCUT2D eigenvalue weighted by Gasteiger charge is 2.18. The summed E-state index contributed by atoms with van der Waals surface area (Å²) in [7, 11) is 0. The van der Waals surface area contributed by atoms with Crippen LogP contribution in [0.2, 0.25) is 0 Å². The summed E-state index contributed by atoms with van der Waals surface area (Å²) in [6.07, 6.45) is 2.94. The molecule has 0 spiro atoms. The van der Waals surface area contributed by atoms with Gasteiger partial charge in [-0.3, -0.25) is 15.2 Å². The molecule has 0 aliphatic heterocycles. The summed E-state index contributed by atoms with van der Waals surface area (Å²) in [5.74, 6) is 0.0562. The van der Waals surface area contributed by atoms with Gasteiger partial charge in [0.25, 0.3) is 5.69 Å². The van der Waals surface area contributed by atoms with Crippen molar-refractivity contribution in [2.45, 2.75) is 24.9 Å². The number of nitro groups is 1. The van der Waals surface area contributed by atoms with Crippen LogP contribution in [0.1, 0.15) is 24.9 Å². The van der Waals surface area contributed by atoms with E-state index >= 15 is 0 Å². The summed E-state index contributed by atoms with van der Waals surface area (Å²) in [4.78, 5) is 26.5. The number of furan rings is 1. The summed E-state index contributed by atoms with van der Waals surface area (Å²) < 4.78 is 5.62. The highest BCUT2D eigenvalue weighted by Crippen LogP contribution is 2.32. The van der Waals surface area contributed by atoms with Gasteiger partial charge in [-0.25, -0.2) is 9.78 Å². The van der Waals surface area contributed by atoms with Gasteiger partial charge >= 0.3 is 5.97 Å². The minimum atomic E-state index is -1.16. The number of aliphatic carboxylic acids is 1. The number of para-hydroxylation sites is 1. The fourth-order valence-electron chi connectivity index (χ4n) is 2.45. The van der Waals surface area contributed by atoms with Gasteiger partial charge in [0, 0.05) is 18.6 Å². The van der Waals surface area contributed by atoms with Crippen LogP contribution in [0.5, 0.6) is 0 Å². The predicted octanol–water partition coefficient (Wildman–Crippen LogP) is 4.14. The quantitative estimate of drug-likeness (QED) is 0.249. The van der Waals surface area contributed by atoms with E-state index in [0.717, 1.165) is 24.6 Å². The van der Waals surface area contributed by atoms with E-state index in [2.05, 4.69) is 15.2 Å². The van der Waals surface area contributed by atoms with Crippen LogP contribution < -0.4 is 0 Å². The van der Waals surface area contributed by atoms with Crippen molar-refractivity contribution in [2.75, 3.05) is 0 Å². The molecule has 0 aliphatic rings. The molecule has 1 aromatic carbocycles. The van der Waals surface area contributed by atoms with E-state index in [-0.39, 0.29) is 22.1 Å². The van der Waals surface area contributed by atoms with Crippen LogP contribution in [0.4, 0.5) is 5.69 Å². The SMILES string of the molecule is CCCc1nc(S/C(=C/c2ccc(-c3ccccc3[N+](=O)[O-])o2)C(=O)O)n[nH]1. The first-order chi connectivity index (χ1) is 13.5. The number of rotatable bonds is 8. The molecule has 2 N–H and O–H groups in total. The Hall–Kier alpha value is -3.40. The van der Waals surface area contributed by atoms with E-state index < -0.39 is 10.9 Å². The number of aromatic amines is 1. The summed E-state index contributed by atoms with van der Waals surface area (Å²) in [5, 5.41) is 27.7. The summed E-state index contributed by atoms with van der Waals surface area (Å²) in [6, 6.07) is 9.29. The maximum absolute atomic E-state index is 11.6. The highest BCUT2D eigenvalue weighted by molar-refractivity contribution is 8.04. The Bertz CT molecular complexity index is 1040. The van der Waals surface area contributed by atoms with Crippen LogP contribution in [0.25, 0.3) is 17.4 Å². The van der Waals surface area contributed by atoms with Gasteiger partial charge in [0.15, 0.2) is 0 Å². The lowest BCUT2D eigenvalue weighted by Gasteiger charge is -1.99. The second kappa shape index (κ2) is 8.53. The number of benzene rings is 1. The molecule has 0 saturated carbocycles. The second-order valence-corrected chi connectivity index (χ2v) is 6.72. The van der Waals surface area contributed by atoms with Crippen molar-refractivity contribution in [1.29, 1.82) is 0 Å². The first kappa shape index (κ1) is 19.4. The van der Waals surface area contributed by atoms with Crippen LogP contribution in [-0.2, 0) is 11.2 Å². The zero-order chi connectivity index (χ0) is 20.1. The van der Waals surface area contributed by atoms with Gasteiger partial charge in [0.1, 0.15) is 22.3 Å². The molecule has 0 radical (unpaired) electrons. The molecular formula is C18H16N4O5S. The topological polar surface area (TPSA) is 135 Å². The predicted molar refractivity (Wildman–Crippen MR) is 103 cm³/mol. The van der Waals surface area contributed by atoms with Gasteiger partial charge < -0.3 is 9.52 Å². The second-order valence-electron chi connectivity index (χ2n) is 5.71. The van der Waals surface area contributed by atoms with Crippen LogP contribution >= 0.6 is 11.8 Å². The van der Waals surface area contributed by atoms with Crippen molar-refractivity contribution in [3.8, 4) is 11.3 Å². The van der Waals surface area contributed by atoms with Crippen LogP contribution in [-0.4, -0.2) is 31.2 Å². The smallest absolute Gasteiger partial charge is 0.342 e. The molecule has 0 fully saturated rings. The highest BCUT2D eigenvalue weighted by atomic mass is 32.2. The third-order valence-electron chi connectivity index (χ3n) is 3.68. The first-order valence-electron chi connectivity index (χ1n) is 8.35. The number of nitro benzene ring substituents is 1. The molecular weight excluding hydrogens is 384 g/mol. The summed E-state index contributed by atoms with van der Waals surface area (Å²) in [5.41, 5.74) is 0.222. The monoisotopic (exact) mass is 400 g/mol. The van der Waals surface area contributed by atoms with Gasteiger partial charge in [-0.2, -0.15) is 0 Å². The molecule has 9 nitrogen and oxygen atoms in total. The van der Waals surface area contributed by atoms with Gasteiger partial charge in [0.05, 0.1) is 10.5 Å². The van der Waals surface area contributed by atoms with E-state index in [9.17, 15) is 20.0 Å². The van der Waals surface area contributed by atoms with Gasteiger partial charge in [-0.05, 0) is 36.4 Å². The Morgan fingerprint density at radius 2 is 2.14 bits per heavy atom. The lowest BCUT2D eigenvalue weighted by Crippen LogP contribution is -1.97. The Morgan fingerprint density at radius 1 is 1.36 bits per heavy atom. The Labute approximate surface area is 163 Å². The average Bonchev–Trinajstić information content (AvgIpc) is 3.31. The molecule has 10 heteroatoms. The molecule has 144 valence electrons. The third kappa shape index (κ3) is 4.46. The lowest BCUT2D eigenvalue weighted by atomic mass is 10.1. The van der Waals surface area contributed by atoms with Gasteiger partial charge in [-0.15, -0.1) is 5.10 Å². The number of carbonyl (C=O) groups is 1. The van der Waals surface area contributed by atoms with Crippen molar-refractivity contribution in [2.24, 2.45) is 0 Å². The molecule has 0 saturated heterocycles. The molecule has 0 aliphatic carbocycles. The van der Waals surface area contributed by atoms with Crippen molar-refractivity contribution < 1.29 is 19.2 Å². The van der Waals surface area contributed by atoms with Crippen molar-refractivity contribution >= 4 is 29.5 Å². The summed E-state index contributed by atoms with van der Waals surface area (Å²) >= 11 is 0.891. The molecule has 0 unspecified atom stereocenters. The lowest BCUT2D eigenvalue weighted by molar-refractivity contribution is -0.384. The number of nitrogens with one attached hydrogen (secondary N) is 1. The molecule has 3 aromatic rings. The minimum Gasteiger partial charge on any atom is -0.477 e. The number of thioether (sulfide) groups is 1. The largest absolute Gasteiger partial charge is 0.477 e. The molecule has 0 amide bonds. The number of aryl methyl sites for hydroxylation is 1. The Balaban J connectivity index is 1.87. The first-order valence-corrected chi connectivity index (χ1v) is 9.17. The molecule has 28 heavy (non-hydrogen) atoms.